The molecule has 0 amide bonds. The van der Waals surface area contributed by atoms with E-state index in [9.17, 15) is 9.59 Å². The van der Waals surface area contributed by atoms with Gasteiger partial charge in [0, 0.05) is 12.8 Å². The predicted octanol–water partition coefficient (Wildman–Crippen LogP) is 12.1. The van der Waals surface area contributed by atoms with Gasteiger partial charge in [0.05, 0.1) is 6.61 Å². The maximum Gasteiger partial charge on any atom is 0.306 e. The quantitative estimate of drug-likeness (QED) is 0.0401. The molecule has 0 radical (unpaired) electrons. The van der Waals surface area contributed by atoms with Crippen molar-refractivity contribution in [2.45, 2.75) is 213 Å². The smallest absolute Gasteiger partial charge is 0.306 e. The number of hydrogen-bond donors (Lipinski definition) is 0. The lowest BCUT2D eigenvalue weighted by atomic mass is 10.0. The minimum atomic E-state index is -1.77. The monoisotopic (exact) mass is 653 g/mol. The molecule has 266 valence electrons. The summed E-state index contributed by atoms with van der Waals surface area (Å²) in [5.74, 6) is 1.69. The van der Waals surface area contributed by atoms with Crippen LogP contribution >= 0.6 is 0 Å². The van der Waals surface area contributed by atoms with Gasteiger partial charge in [0.2, 0.25) is 0 Å². The predicted molar refractivity (Wildman–Crippen MR) is 193 cm³/mol. The molecule has 3 atom stereocenters. The highest BCUT2D eigenvalue weighted by molar-refractivity contribution is 6.69. The van der Waals surface area contributed by atoms with Crippen LogP contribution in [-0.4, -0.2) is 39.6 Å². The molecule has 1 unspecified atom stereocenters. The molecule has 0 spiro atoms. The second-order valence-corrected chi connectivity index (χ2v) is 19.6. The molecule has 0 saturated heterocycles. The molecule has 0 bridgehead atoms. The topological polar surface area (TPSA) is 61.8 Å². The summed E-state index contributed by atoms with van der Waals surface area (Å²) in [4.78, 5) is 24.9. The van der Waals surface area contributed by atoms with Gasteiger partial charge in [0.1, 0.15) is 6.61 Å². The average molecular weight is 653 g/mol. The van der Waals surface area contributed by atoms with Crippen molar-refractivity contribution in [3.63, 3.8) is 0 Å². The zero-order valence-corrected chi connectivity index (χ0v) is 31.8. The van der Waals surface area contributed by atoms with Crippen molar-refractivity contribution in [3.8, 4) is 0 Å². The first-order valence-corrected chi connectivity index (χ1v) is 23.1. The van der Waals surface area contributed by atoms with Gasteiger partial charge < -0.3 is 13.9 Å². The average Bonchev–Trinajstić information content (AvgIpc) is 3.75. The molecule has 1 saturated carbocycles. The SMILES string of the molecule is CCCCCCCCCCCCCCC(=O)OCC(CO[Si](C)(C)C)OC(=O)CCCCCCCCC[C@H]1C[C@H]1CCCCC. The van der Waals surface area contributed by atoms with Gasteiger partial charge >= 0.3 is 11.9 Å². The molecular weight excluding hydrogens is 577 g/mol. The van der Waals surface area contributed by atoms with Crippen LogP contribution in [0.1, 0.15) is 187 Å². The number of rotatable bonds is 33. The summed E-state index contributed by atoms with van der Waals surface area (Å²) in [6, 6.07) is 0. The van der Waals surface area contributed by atoms with E-state index in [1.807, 2.05) is 0 Å². The Bertz CT molecular complexity index is 706. The molecule has 0 aromatic carbocycles. The second kappa shape index (κ2) is 28.2. The molecule has 0 N–H and O–H groups in total. The Labute approximate surface area is 281 Å². The third-order valence-electron chi connectivity index (χ3n) is 9.37. The van der Waals surface area contributed by atoms with Crippen LogP contribution in [0.2, 0.25) is 19.6 Å². The molecule has 6 heteroatoms. The van der Waals surface area contributed by atoms with E-state index in [-0.39, 0.29) is 18.5 Å². The van der Waals surface area contributed by atoms with Crippen LogP contribution in [0.25, 0.3) is 0 Å². The van der Waals surface area contributed by atoms with Crippen LogP contribution in [0.3, 0.4) is 0 Å². The van der Waals surface area contributed by atoms with Gasteiger partial charge in [-0.25, -0.2) is 0 Å². The third-order valence-corrected chi connectivity index (χ3v) is 10.4. The summed E-state index contributed by atoms with van der Waals surface area (Å²) in [7, 11) is -1.77. The summed E-state index contributed by atoms with van der Waals surface area (Å²) < 4.78 is 17.3. The molecule has 0 heterocycles. The van der Waals surface area contributed by atoms with Crippen molar-refractivity contribution in [2.24, 2.45) is 11.8 Å². The van der Waals surface area contributed by atoms with Crippen LogP contribution < -0.4 is 0 Å². The molecule has 0 aromatic rings. The van der Waals surface area contributed by atoms with Crippen LogP contribution in [0.15, 0.2) is 0 Å². The Morgan fingerprint density at radius 1 is 0.556 bits per heavy atom. The molecule has 1 aliphatic rings. The minimum absolute atomic E-state index is 0.0909. The maximum absolute atomic E-state index is 12.6. The minimum Gasteiger partial charge on any atom is -0.462 e. The maximum atomic E-state index is 12.6. The van der Waals surface area contributed by atoms with Crippen LogP contribution in [-0.2, 0) is 23.5 Å². The Hall–Kier alpha value is -0.883. The number of hydrogen-bond acceptors (Lipinski definition) is 5. The van der Waals surface area contributed by atoms with E-state index in [2.05, 4.69) is 33.5 Å². The zero-order chi connectivity index (χ0) is 33.0. The van der Waals surface area contributed by atoms with Crippen molar-refractivity contribution in [1.82, 2.24) is 0 Å². The van der Waals surface area contributed by atoms with Crippen molar-refractivity contribution < 1.29 is 23.5 Å². The Kier molecular flexibility index (Phi) is 26.4. The highest BCUT2D eigenvalue weighted by Gasteiger charge is 2.35. The van der Waals surface area contributed by atoms with E-state index < -0.39 is 14.4 Å². The van der Waals surface area contributed by atoms with Gasteiger partial charge in [-0.3, -0.25) is 9.59 Å². The number of carbonyl (C=O) groups is 2. The van der Waals surface area contributed by atoms with Gasteiger partial charge in [-0.15, -0.1) is 0 Å². The number of carbonyl (C=O) groups excluding carboxylic acids is 2. The summed E-state index contributed by atoms with van der Waals surface area (Å²) >= 11 is 0. The van der Waals surface area contributed by atoms with E-state index in [1.54, 1.807) is 0 Å². The van der Waals surface area contributed by atoms with Gasteiger partial charge in [0.15, 0.2) is 14.4 Å². The van der Waals surface area contributed by atoms with Gasteiger partial charge in [-0.05, 0) is 50.7 Å². The lowest BCUT2D eigenvalue weighted by Crippen LogP contribution is -2.35. The van der Waals surface area contributed by atoms with E-state index in [4.69, 9.17) is 13.9 Å². The molecule has 0 aromatic heterocycles. The number of unbranched alkanes of at least 4 members (excludes halogenated alkanes) is 19. The van der Waals surface area contributed by atoms with Gasteiger partial charge in [-0.2, -0.15) is 0 Å². The van der Waals surface area contributed by atoms with Crippen molar-refractivity contribution in [2.75, 3.05) is 13.2 Å². The standard InChI is InChI=1S/C39H76O5Si/c1-6-8-10-11-12-13-14-15-16-19-22-26-30-38(40)42-33-37(34-43-45(3,4)5)44-39(41)31-27-23-20-17-18-21-25-29-36-32-35(36)28-24-9-7-2/h35-37H,6-34H2,1-5H3/t35-,36+,37?/m1/s1. The lowest BCUT2D eigenvalue weighted by molar-refractivity contribution is -0.161. The molecule has 5 nitrogen and oxygen atoms in total. The van der Waals surface area contributed by atoms with E-state index in [0.717, 1.165) is 37.5 Å². The molecule has 1 rings (SSSR count). The van der Waals surface area contributed by atoms with Crippen LogP contribution in [0.4, 0.5) is 0 Å². The van der Waals surface area contributed by atoms with Gasteiger partial charge in [0.25, 0.3) is 0 Å². The molecule has 1 fully saturated rings. The van der Waals surface area contributed by atoms with Crippen molar-refractivity contribution >= 4 is 20.3 Å². The fourth-order valence-corrected chi connectivity index (χ4v) is 6.99. The van der Waals surface area contributed by atoms with Crippen molar-refractivity contribution in [1.29, 1.82) is 0 Å². The second-order valence-electron chi connectivity index (χ2n) is 15.1. The first-order valence-electron chi connectivity index (χ1n) is 19.7. The summed E-state index contributed by atoms with van der Waals surface area (Å²) in [5.41, 5.74) is 0. The van der Waals surface area contributed by atoms with E-state index in [1.165, 1.54) is 135 Å². The fourth-order valence-electron chi connectivity index (χ4n) is 6.31. The Morgan fingerprint density at radius 3 is 1.44 bits per heavy atom. The van der Waals surface area contributed by atoms with Crippen LogP contribution in [0.5, 0.6) is 0 Å². The normalized spacial score (nSPS) is 16.9. The van der Waals surface area contributed by atoms with E-state index >= 15 is 0 Å². The highest BCUT2D eigenvalue weighted by atomic mass is 28.4. The molecule has 1 aliphatic carbocycles. The van der Waals surface area contributed by atoms with Gasteiger partial charge in [-0.1, -0.05) is 155 Å². The molecule has 45 heavy (non-hydrogen) atoms. The fraction of sp³-hybridized carbons (Fsp3) is 0.949. The number of esters is 2. The largest absolute Gasteiger partial charge is 0.462 e. The highest BCUT2D eigenvalue weighted by Crippen LogP contribution is 2.45. The van der Waals surface area contributed by atoms with Crippen LogP contribution in [0, 0.1) is 11.8 Å². The first-order chi connectivity index (χ1) is 21.7. The summed E-state index contributed by atoms with van der Waals surface area (Å²) in [6.45, 7) is 11.3. The molecular formula is C39H76O5Si. The Morgan fingerprint density at radius 2 is 0.956 bits per heavy atom. The summed E-state index contributed by atoms with van der Waals surface area (Å²) in [5, 5.41) is 0. The number of ether oxygens (including phenoxy) is 2. The lowest BCUT2D eigenvalue weighted by Gasteiger charge is -2.23. The third kappa shape index (κ3) is 27.9. The van der Waals surface area contributed by atoms with E-state index in [0.29, 0.717) is 19.4 Å². The molecule has 0 aliphatic heterocycles. The summed E-state index contributed by atoms with van der Waals surface area (Å²) in [6.07, 6.45) is 32.6. The first kappa shape index (κ1) is 42.1. The Balaban J connectivity index is 2.07. The van der Waals surface area contributed by atoms with Crippen molar-refractivity contribution in [3.05, 3.63) is 0 Å². The zero-order valence-electron chi connectivity index (χ0n) is 30.8.